The van der Waals surface area contributed by atoms with Crippen LogP contribution >= 0.6 is 11.3 Å². The van der Waals surface area contributed by atoms with E-state index in [1.165, 1.54) is 91.5 Å². The number of hydrogen-bond acceptors (Lipinski definition) is 3. The summed E-state index contributed by atoms with van der Waals surface area (Å²) in [6.45, 7) is 0. The van der Waals surface area contributed by atoms with Crippen molar-refractivity contribution in [3.05, 3.63) is 253 Å². The molecule has 67 heavy (non-hydrogen) atoms. The van der Waals surface area contributed by atoms with E-state index < -0.39 is 5.41 Å². The number of anilines is 3. The van der Waals surface area contributed by atoms with Gasteiger partial charge in [0.15, 0.2) is 0 Å². The van der Waals surface area contributed by atoms with E-state index in [9.17, 15) is 0 Å². The van der Waals surface area contributed by atoms with Crippen molar-refractivity contribution in [3.8, 4) is 28.3 Å². The third-order valence-electron chi connectivity index (χ3n) is 14.6. The molecule has 0 fully saturated rings. The van der Waals surface area contributed by atoms with Crippen molar-refractivity contribution >= 4 is 91.9 Å². The van der Waals surface area contributed by atoms with E-state index in [0.29, 0.717) is 0 Å². The number of rotatable bonds is 4. The quantitative estimate of drug-likeness (QED) is 0.175. The standard InChI is InChI=1S/C63H38N2OS/c1-2-18-44-39(14-1)15-13-26-55(44)65-56-25-7-3-19-46(56)49-36-41(31-34-57(49)65)64(42-32-35-61-50(37-42)47-20-4-10-29-60(47)67-61)43-30-33-45-48-21-11-16-40-17-12-24-53(62(40)48)63(54(45)38-43)51-22-5-8-27-58(51)66-59-28-9-6-23-52(59)63/h1-38H. The van der Waals surface area contributed by atoms with Gasteiger partial charge in [-0.05, 0) is 117 Å². The van der Waals surface area contributed by atoms with Gasteiger partial charge in [0.25, 0.3) is 0 Å². The number of aromatic nitrogens is 1. The van der Waals surface area contributed by atoms with Crippen LogP contribution in [0.5, 0.6) is 11.5 Å². The molecule has 1 aliphatic heterocycles. The lowest BCUT2D eigenvalue weighted by Gasteiger charge is -2.45. The minimum Gasteiger partial charge on any atom is -0.457 e. The smallest absolute Gasteiger partial charge is 0.132 e. The van der Waals surface area contributed by atoms with Gasteiger partial charge < -0.3 is 14.2 Å². The highest BCUT2D eigenvalue weighted by molar-refractivity contribution is 7.25. The third-order valence-corrected chi connectivity index (χ3v) is 15.8. The zero-order valence-electron chi connectivity index (χ0n) is 36.2. The minimum absolute atomic E-state index is 0.667. The predicted octanol–water partition coefficient (Wildman–Crippen LogP) is 17.4. The highest BCUT2D eigenvalue weighted by Gasteiger charge is 2.49. The molecule has 3 heterocycles. The first-order valence-corrected chi connectivity index (χ1v) is 23.8. The zero-order chi connectivity index (χ0) is 43.8. The maximum atomic E-state index is 6.81. The zero-order valence-corrected chi connectivity index (χ0v) is 37.0. The fourth-order valence-corrected chi connectivity index (χ4v) is 13.0. The van der Waals surface area contributed by atoms with Crippen LogP contribution in [-0.2, 0) is 5.41 Å². The third kappa shape index (κ3) is 5.05. The Hall–Kier alpha value is -8.44. The fraction of sp³-hybridized carbons (Fsp3) is 0.0159. The van der Waals surface area contributed by atoms with Crippen molar-refractivity contribution in [2.45, 2.75) is 5.41 Å². The fourth-order valence-electron chi connectivity index (χ4n) is 11.9. The molecule has 312 valence electrons. The number of nitrogens with zero attached hydrogens (tertiary/aromatic N) is 2. The highest BCUT2D eigenvalue weighted by atomic mass is 32.1. The Kier molecular flexibility index (Phi) is 7.58. The first-order chi connectivity index (χ1) is 33.2. The number of hydrogen-bond donors (Lipinski definition) is 0. The van der Waals surface area contributed by atoms with Crippen molar-refractivity contribution < 1.29 is 4.74 Å². The van der Waals surface area contributed by atoms with E-state index in [1.807, 2.05) is 11.3 Å². The first kappa shape index (κ1) is 36.9. The number of thiophene rings is 1. The first-order valence-electron chi connectivity index (χ1n) is 23.0. The van der Waals surface area contributed by atoms with E-state index in [1.54, 1.807) is 0 Å². The molecule has 13 aromatic rings. The van der Waals surface area contributed by atoms with Crippen molar-refractivity contribution in [3.63, 3.8) is 0 Å². The Morgan fingerprint density at radius 1 is 0.373 bits per heavy atom. The van der Waals surface area contributed by atoms with Crippen LogP contribution in [0.1, 0.15) is 22.3 Å². The van der Waals surface area contributed by atoms with Gasteiger partial charge in [-0.1, -0.05) is 152 Å². The topological polar surface area (TPSA) is 17.4 Å². The minimum atomic E-state index is -0.667. The van der Waals surface area contributed by atoms with E-state index in [4.69, 9.17) is 4.74 Å². The largest absolute Gasteiger partial charge is 0.457 e. The predicted molar refractivity (Wildman–Crippen MR) is 281 cm³/mol. The number of ether oxygens (including phenoxy) is 1. The molecule has 0 saturated carbocycles. The monoisotopic (exact) mass is 870 g/mol. The molecule has 11 aromatic carbocycles. The van der Waals surface area contributed by atoms with Crippen LogP contribution in [0.4, 0.5) is 17.1 Å². The van der Waals surface area contributed by atoms with Gasteiger partial charge in [0, 0.05) is 64.5 Å². The highest BCUT2D eigenvalue weighted by Crippen LogP contribution is 2.62. The summed E-state index contributed by atoms with van der Waals surface area (Å²) >= 11 is 1.86. The van der Waals surface area contributed by atoms with Crippen LogP contribution < -0.4 is 9.64 Å². The second-order valence-corrected chi connectivity index (χ2v) is 19.0. The second-order valence-electron chi connectivity index (χ2n) is 17.9. The molecule has 0 atom stereocenters. The van der Waals surface area contributed by atoms with Gasteiger partial charge in [-0.3, -0.25) is 0 Å². The van der Waals surface area contributed by atoms with Crippen LogP contribution in [0.3, 0.4) is 0 Å². The summed E-state index contributed by atoms with van der Waals surface area (Å²) in [7, 11) is 0. The van der Waals surface area contributed by atoms with Crippen molar-refractivity contribution in [1.29, 1.82) is 0 Å². The molecule has 0 amide bonds. The Morgan fingerprint density at radius 2 is 0.955 bits per heavy atom. The second kappa shape index (κ2) is 13.8. The van der Waals surface area contributed by atoms with E-state index in [2.05, 4.69) is 240 Å². The molecule has 2 aromatic heterocycles. The molecule has 0 N–H and O–H groups in total. The summed E-state index contributed by atoms with van der Waals surface area (Å²) in [5.74, 6) is 1.77. The van der Waals surface area contributed by atoms with Crippen LogP contribution in [-0.4, -0.2) is 4.57 Å². The summed E-state index contributed by atoms with van der Waals surface area (Å²) in [6.07, 6.45) is 0. The van der Waals surface area contributed by atoms with Gasteiger partial charge in [-0.2, -0.15) is 0 Å². The number of para-hydroxylation sites is 3. The number of benzene rings is 11. The van der Waals surface area contributed by atoms with E-state index in [0.717, 1.165) is 39.7 Å². The molecule has 0 bridgehead atoms. The molecular formula is C63H38N2OS. The van der Waals surface area contributed by atoms with Gasteiger partial charge >= 0.3 is 0 Å². The molecule has 0 saturated heterocycles. The Labute approximate surface area is 390 Å². The van der Waals surface area contributed by atoms with E-state index >= 15 is 0 Å². The van der Waals surface area contributed by atoms with Gasteiger partial charge in [0.1, 0.15) is 11.5 Å². The molecule has 3 nitrogen and oxygen atoms in total. The lowest BCUT2D eigenvalue weighted by atomic mass is 9.58. The van der Waals surface area contributed by atoms with Crippen molar-refractivity contribution in [1.82, 2.24) is 4.57 Å². The molecule has 2 aliphatic rings. The molecule has 1 spiro atoms. The summed E-state index contributed by atoms with van der Waals surface area (Å²) in [5.41, 5.74) is 13.4. The van der Waals surface area contributed by atoms with Gasteiger partial charge in [0.05, 0.1) is 22.1 Å². The molecule has 0 unspecified atom stereocenters. The van der Waals surface area contributed by atoms with Crippen LogP contribution in [0.25, 0.3) is 80.3 Å². The van der Waals surface area contributed by atoms with Gasteiger partial charge in [0.2, 0.25) is 0 Å². The average Bonchev–Trinajstić information content (AvgIpc) is 3.92. The molecule has 4 heteroatoms. The Bertz CT molecular complexity index is 4180. The van der Waals surface area contributed by atoms with Crippen LogP contribution in [0.2, 0.25) is 0 Å². The Morgan fingerprint density at radius 3 is 1.81 bits per heavy atom. The van der Waals surface area contributed by atoms with Crippen LogP contribution in [0.15, 0.2) is 231 Å². The summed E-state index contributed by atoms with van der Waals surface area (Å²) in [5, 5.41) is 9.94. The summed E-state index contributed by atoms with van der Waals surface area (Å²) in [4.78, 5) is 2.49. The van der Waals surface area contributed by atoms with Gasteiger partial charge in [-0.15, -0.1) is 11.3 Å². The molecular weight excluding hydrogens is 833 g/mol. The summed E-state index contributed by atoms with van der Waals surface area (Å²) < 4.78 is 11.8. The lowest BCUT2D eigenvalue weighted by molar-refractivity contribution is 0.435. The van der Waals surface area contributed by atoms with E-state index in [-0.39, 0.29) is 0 Å². The summed E-state index contributed by atoms with van der Waals surface area (Å²) in [6, 6.07) is 85.3. The van der Waals surface area contributed by atoms with Crippen molar-refractivity contribution in [2.24, 2.45) is 0 Å². The molecule has 15 rings (SSSR count). The van der Waals surface area contributed by atoms with Crippen molar-refractivity contribution in [2.75, 3.05) is 4.90 Å². The SMILES string of the molecule is c1ccc2c(c1)Oc1ccccc1C21c2cc(N(c3ccc4sc5ccccc5c4c3)c3ccc4c(c3)c3ccccc3n4-c3cccc4ccccc34)ccc2-c2cccc3cccc1c23. The number of fused-ring (bicyclic) bond motifs is 15. The Balaban J connectivity index is 1.04. The normalized spacial score (nSPS) is 13.3. The van der Waals surface area contributed by atoms with Gasteiger partial charge in [-0.25, -0.2) is 0 Å². The average molecular weight is 871 g/mol. The molecule has 1 aliphatic carbocycles. The lowest BCUT2D eigenvalue weighted by Crippen LogP contribution is -2.36. The maximum Gasteiger partial charge on any atom is 0.132 e. The maximum absolute atomic E-state index is 6.81. The van der Waals surface area contributed by atoms with Crippen LogP contribution in [0, 0.1) is 0 Å². The molecule has 0 radical (unpaired) electrons.